The number of aryl methyl sites for hydroxylation is 1. The van der Waals surface area contributed by atoms with Gasteiger partial charge >= 0.3 is 0 Å². The van der Waals surface area contributed by atoms with E-state index < -0.39 is 0 Å². The average molecular weight is 733 g/mol. The molecule has 1 heteroatoms. The third-order valence-electron chi connectivity index (χ3n) is 13.1. The van der Waals surface area contributed by atoms with Crippen LogP contribution in [0.25, 0.3) is 105 Å². The van der Waals surface area contributed by atoms with Gasteiger partial charge in [0.05, 0.1) is 0 Å². The first kappa shape index (κ1) is 32.2. The molecule has 0 saturated heterocycles. The fourth-order valence-electron chi connectivity index (χ4n) is 10.6. The van der Waals surface area contributed by atoms with Crippen LogP contribution in [0.4, 0.5) is 0 Å². The van der Waals surface area contributed by atoms with Crippen molar-refractivity contribution in [2.75, 3.05) is 0 Å². The lowest BCUT2D eigenvalue weighted by Crippen LogP contribution is -2.31. The van der Waals surface area contributed by atoms with Crippen LogP contribution in [0.15, 0.2) is 140 Å². The number of fused-ring (bicyclic) bond motifs is 13. The largest absolute Gasteiger partial charge is 0.135 e. The van der Waals surface area contributed by atoms with Crippen molar-refractivity contribution < 1.29 is 0 Å². The van der Waals surface area contributed by atoms with Gasteiger partial charge in [0, 0.05) is 25.8 Å². The molecule has 0 saturated carbocycles. The van der Waals surface area contributed by atoms with Crippen molar-refractivity contribution in [1.82, 2.24) is 0 Å². The zero-order valence-corrected chi connectivity index (χ0v) is 32.6. The number of rotatable bonds is 3. The monoisotopic (exact) mass is 732 g/mol. The molecule has 3 aliphatic rings. The van der Waals surface area contributed by atoms with Crippen molar-refractivity contribution in [2.24, 2.45) is 0 Å². The molecule has 0 fully saturated rings. The third-order valence-corrected chi connectivity index (χ3v) is 14.3. The van der Waals surface area contributed by atoms with Crippen LogP contribution < -0.4 is 10.4 Å². The highest BCUT2D eigenvalue weighted by atomic mass is 32.1. The summed E-state index contributed by atoms with van der Waals surface area (Å²) in [6.07, 6.45) is 14.1. The molecule has 1 aromatic heterocycles. The Hall–Kier alpha value is -6.02. The molecule has 0 atom stereocenters. The van der Waals surface area contributed by atoms with E-state index in [4.69, 9.17) is 0 Å². The van der Waals surface area contributed by atoms with Crippen LogP contribution in [0.5, 0.6) is 0 Å². The normalized spacial score (nSPS) is 15.0. The Morgan fingerprint density at radius 1 is 0.518 bits per heavy atom. The molecule has 1 heterocycles. The summed E-state index contributed by atoms with van der Waals surface area (Å²) < 4.78 is 1.46. The lowest BCUT2D eigenvalue weighted by molar-refractivity contribution is 0.666. The van der Waals surface area contributed by atoms with E-state index in [9.17, 15) is 0 Å². The Bertz CT molecular complexity index is 3310. The maximum absolute atomic E-state index is 2.49. The molecule has 0 aliphatic heterocycles. The minimum atomic E-state index is -0.0853. The predicted molar refractivity (Wildman–Crippen MR) is 243 cm³/mol. The molecule has 0 amide bonds. The zero-order valence-electron chi connectivity index (χ0n) is 31.7. The first-order valence-electron chi connectivity index (χ1n) is 20.2. The molecule has 56 heavy (non-hydrogen) atoms. The van der Waals surface area contributed by atoms with Crippen molar-refractivity contribution in [1.29, 1.82) is 0 Å². The van der Waals surface area contributed by atoms with Crippen LogP contribution in [-0.2, 0) is 11.8 Å². The Balaban J connectivity index is 1.02. The van der Waals surface area contributed by atoms with Crippen molar-refractivity contribution in [3.8, 4) is 44.5 Å². The predicted octanol–water partition coefficient (Wildman–Crippen LogP) is 14.0. The summed E-state index contributed by atoms with van der Waals surface area (Å²) in [6.45, 7) is 4.90. The van der Waals surface area contributed by atoms with Gasteiger partial charge in [-0.3, -0.25) is 0 Å². The summed E-state index contributed by atoms with van der Waals surface area (Å²) in [6, 6.07) is 50.6. The summed E-state index contributed by atoms with van der Waals surface area (Å²) in [7, 11) is 0. The molecule has 0 nitrogen and oxygen atoms in total. The number of hydrogen-bond acceptors (Lipinski definition) is 1. The first-order chi connectivity index (χ1) is 27.5. The number of allylic oxidation sites excluding steroid dienone is 1. The van der Waals surface area contributed by atoms with Crippen LogP contribution in [0.3, 0.4) is 0 Å². The average Bonchev–Trinajstić information content (AvgIpc) is 3.75. The van der Waals surface area contributed by atoms with Gasteiger partial charge in [0.15, 0.2) is 0 Å². The molecule has 0 unspecified atom stereocenters. The molecule has 0 N–H and O–H groups in total. The zero-order chi connectivity index (χ0) is 37.1. The van der Waals surface area contributed by atoms with E-state index in [2.05, 4.69) is 172 Å². The second-order valence-electron chi connectivity index (χ2n) is 16.5. The Morgan fingerprint density at radius 3 is 1.88 bits per heavy atom. The van der Waals surface area contributed by atoms with Gasteiger partial charge in [-0.2, -0.15) is 0 Å². The van der Waals surface area contributed by atoms with Gasteiger partial charge in [-0.05, 0) is 142 Å². The van der Waals surface area contributed by atoms with E-state index >= 15 is 0 Å². The fourth-order valence-corrected chi connectivity index (χ4v) is 11.9. The number of hydrogen-bond donors (Lipinski definition) is 0. The molecule has 3 aliphatic carbocycles. The van der Waals surface area contributed by atoms with Crippen molar-refractivity contribution in [3.05, 3.63) is 172 Å². The van der Waals surface area contributed by atoms with Crippen molar-refractivity contribution in [3.63, 3.8) is 0 Å². The standard InChI is InChI=1S/C55H40S/c1-55(2)47-30-29-37(32-46(47)51-43-19-9-10-20-44(43)54-52(53(51)55)45-21-11-12-22-48(45)56-54)34-23-26-35(27-24-34)49-39-15-5-7-17-41(39)50(42-18-8-6-16-40(42)49)38-28-25-33-13-3-4-14-36(33)31-38/h3-5,7,9-10,12-20,22-32H,6,8,11,21H2,1-2H3. The minimum absolute atomic E-state index is 0.0853. The molecule has 0 bridgehead atoms. The smallest absolute Gasteiger partial charge is 0.0433 e. The maximum atomic E-state index is 2.49. The maximum Gasteiger partial charge on any atom is 0.0433 e. The summed E-state index contributed by atoms with van der Waals surface area (Å²) >= 11 is 1.99. The van der Waals surface area contributed by atoms with Gasteiger partial charge < -0.3 is 0 Å². The van der Waals surface area contributed by atoms with E-state index in [1.165, 1.54) is 113 Å². The quantitative estimate of drug-likeness (QED) is 0.170. The molecular weight excluding hydrogens is 693 g/mol. The highest BCUT2D eigenvalue weighted by Gasteiger charge is 2.40. The molecule has 12 rings (SSSR count). The van der Waals surface area contributed by atoms with Crippen LogP contribution >= 0.6 is 11.3 Å². The summed E-state index contributed by atoms with van der Waals surface area (Å²) in [4.78, 5) is 1.45. The first-order valence-corrected chi connectivity index (χ1v) is 21.0. The highest BCUT2D eigenvalue weighted by Crippen LogP contribution is 2.57. The summed E-state index contributed by atoms with van der Waals surface area (Å²) in [5.74, 6) is 0. The second-order valence-corrected chi connectivity index (χ2v) is 17.6. The molecule has 266 valence electrons. The van der Waals surface area contributed by atoms with Crippen molar-refractivity contribution in [2.45, 2.75) is 44.9 Å². The molecule has 0 spiro atoms. The number of thiophene rings is 1. The summed E-state index contributed by atoms with van der Waals surface area (Å²) in [5, 5.41) is 12.2. The van der Waals surface area contributed by atoms with E-state index in [1.54, 1.807) is 5.56 Å². The number of benzene rings is 8. The van der Waals surface area contributed by atoms with Crippen LogP contribution in [0.1, 0.15) is 54.7 Å². The highest BCUT2D eigenvalue weighted by molar-refractivity contribution is 7.21. The molecular formula is C55H40S. The van der Waals surface area contributed by atoms with Crippen LogP contribution in [0.2, 0.25) is 0 Å². The second kappa shape index (κ2) is 12.0. The van der Waals surface area contributed by atoms with Gasteiger partial charge in [0.2, 0.25) is 0 Å². The van der Waals surface area contributed by atoms with Crippen LogP contribution in [0, 0.1) is 0 Å². The van der Waals surface area contributed by atoms with Crippen LogP contribution in [-0.4, -0.2) is 0 Å². The van der Waals surface area contributed by atoms with Gasteiger partial charge in [-0.25, -0.2) is 0 Å². The topological polar surface area (TPSA) is 0 Å². The van der Waals surface area contributed by atoms with Gasteiger partial charge in [-0.1, -0.05) is 153 Å². The van der Waals surface area contributed by atoms with E-state index in [0.717, 1.165) is 25.7 Å². The van der Waals surface area contributed by atoms with Crippen molar-refractivity contribution >= 4 is 72.0 Å². The lowest BCUT2D eigenvalue weighted by Gasteiger charge is -2.24. The Labute approximate surface area is 331 Å². The fraction of sp³-hybridized carbons (Fsp3) is 0.127. The molecule has 8 aromatic carbocycles. The third kappa shape index (κ3) is 4.52. The minimum Gasteiger partial charge on any atom is -0.135 e. The van der Waals surface area contributed by atoms with E-state index in [0.29, 0.717) is 0 Å². The Morgan fingerprint density at radius 2 is 1.12 bits per heavy atom. The molecule has 0 radical (unpaired) electrons. The van der Waals surface area contributed by atoms with Gasteiger partial charge in [-0.15, -0.1) is 11.3 Å². The lowest BCUT2D eigenvalue weighted by atomic mass is 9.78. The van der Waals surface area contributed by atoms with Gasteiger partial charge in [0.1, 0.15) is 0 Å². The Kier molecular flexibility index (Phi) is 6.90. The van der Waals surface area contributed by atoms with E-state index in [1.807, 2.05) is 11.3 Å². The molecule has 9 aromatic rings. The SMILES string of the molecule is CC1(C)c2ccc(-c3ccc(-c4c5c(c(-c6ccc7ccccc7c6)c6ccccc46)=CCCC=5)cc3)cc2-c2c1c1c3c(sc1c1ccccc21)C=CCC3. The van der Waals surface area contributed by atoms with E-state index in [-0.39, 0.29) is 5.41 Å². The summed E-state index contributed by atoms with van der Waals surface area (Å²) in [5.41, 5.74) is 15.1. The van der Waals surface area contributed by atoms with Gasteiger partial charge in [0.25, 0.3) is 0 Å².